The van der Waals surface area contributed by atoms with E-state index in [-0.39, 0.29) is 0 Å². The minimum atomic E-state index is 0.360. The summed E-state index contributed by atoms with van der Waals surface area (Å²) in [4.78, 5) is 5.82. The van der Waals surface area contributed by atoms with Gasteiger partial charge in [0.05, 0.1) is 11.3 Å². The fraction of sp³-hybridized carbons (Fsp3) is 0.538. The minimum Gasteiger partial charge on any atom is -0.310 e. The second-order valence-electron chi connectivity index (χ2n) is 4.52. The second-order valence-corrected chi connectivity index (χ2v) is 5.58. The lowest BCUT2D eigenvalue weighted by atomic mass is 10.2. The average molecular weight is 264 g/mol. The van der Waals surface area contributed by atoms with E-state index in [1.165, 1.54) is 16.1 Å². The van der Waals surface area contributed by atoms with Crippen molar-refractivity contribution < 1.29 is 0 Å². The molecule has 0 aliphatic carbocycles. The molecule has 0 aliphatic rings. The number of aromatic nitrogens is 3. The highest BCUT2D eigenvalue weighted by atomic mass is 32.1. The summed E-state index contributed by atoms with van der Waals surface area (Å²) in [5.41, 5.74) is 3.40. The third kappa shape index (κ3) is 2.33. The average Bonchev–Trinajstić information content (AvgIpc) is 2.86. The molecule has 2 aromatic heterocycles. The van der Waals surface area contributed by atoms with Crippen molar-refractivity contribution in [2.24, 2.45) is 7.05 Å². The largest absolute Gasteiger partial charge is 0.310 e. The van der Waals surface area contributed by atoms with Crippen molar-refractivity contribution in [2.75, 3.05) is 6.54 Å². The van der Waals surface area contributed by atoms with Crippen LogP contribution in [0.4, 0.5) is 0 Å². The highest BCUT2D eigenvalue weighted by molar-refractivity contribution is 7.15. The fourth-order valence-electron chi connectivity index (χ4n) is 2.09. The molecule has 0 radical (unpaired) electrons. The van der Waals surface area contributed by atoms with Gasteiger partial charge < -0.3 is 5.32 Å². The van der Waals surface area contributed by atoms with E-state index in [9.17, 15) is 0 Å². The summed E-state index contributed by atoms with van der Waals surface area (Å²) in [6.45, 7) is 9.39. The van der Waals surface area contributed by atoms with E-state index in [0.29, 0.717) is 6.04 Å². The third-order valence-corrected chi connectivity index (χ3v) is 4.38. The van der Waals surface area contributed by atoms with Gasteiger partial charge in [-0.15, -0.1) is 11.3 Å². The van der Waals surface area contributed by atoms with E-state index in [1.807, 2.05) is 24.9 Å². The summed E-state index contributed by atoms with van der Waals surface area (Å²) in [6.07, 6.45) is 1.97. The van der Waals surface area contributed by atoms with Crippen molar-refractivity contribution >= 4 is 11.3 Å². The van der Waals surface area contributed by atoms with Gasteiger partial charge in [0.2, 0.25) is 0 Å². The quantitative estimate of drug-likeness (QED) is 0.923. The van der Waals surface area contributed by atoms with Crippen LogP contribution in [0.15, 0.2) is 6.20 Å². The minimum absolute atomic E-state index is 0.360. The Labute approximate surface area is 112 Å². The molecule has 0 aromatic carbocycles. The lowest BCUT2D eigenvalue weighted by Crippen LogP contribution is -2.16. The zero-order chi connectivity index (χ0) is 13.3. The van der Waals surface area contributed by atoms with E-state index >= 15 is 0 Å². The normalized spacial score (nSPS) is 12.9. The zero-order valence-corrected chi connectivity index (χ0v) is 12.4. The molecular formula is C13H20N4S. The molecule has 4 nitrogen and oxygen atoms in total. The van der Waals surface area contributed by atoms with Crippen LogP contribution in [0, 0.1) is 13.8 Å². The molecule has 0 fully saturated rings. The van der Waals surface area contributed by atoms with Crippen LogP contribution in [0.5, 0.6) is 0 Å². The maximum atomic E-state index is 4.55. The molecule has 1 atom stereocenters. The molecule has 0 bridgehead atoms. The molecular weight excluding hydrogens is 244 g/mol. The first kappa shape index (κ1) is 13.2. The lowest BCUT2D eigenvalue weighted by Gasteiger charge is -2.08. The molecule has 0 aliphatic heterocycles. The Morgan fingerprint density at radius 3 is 2.72 bits per heavy atom. The van der Waals surface area contributed by atoms with E-state index < -0.39 is 0 Å². The predicted molar refractivity (Wildman–Crippen MR) is 75.9 cm³/mol. The van der Waals surface area contributed by atoms with Gasteiger partial charge in [-0.05, 0) is 27.3 Å². The van der Waals surface area contributed by atoms with Gasteiger partial charge in [-0.25, -0.2) is 4.98 Å². The van der Waals surface area contributed by atoms with Gasteiger partial charge in [0, 0.05) is 29.9 Å². The molecule has 0 amide bonds. The molecule has 0 saturated carbocycles. The Balaban J connectivity index is 2.35. The Bertz CT molecular complexity index is 541. The zero-order valence-electron chi connectivity index (χ0n) is 11.6. The van der Waals surface area contributed by atoms with Gasteiger partial charge >= 0.3 is 0 Å². The third-order valence-electron chi connectivity index (χ3n) is 3.18. The molecule has 1 unspecified atom stereocenters. The fourth-order valence-corrected chi connectivity index (χ4v) is 3.18. The van der Waals surface area contributed by atoms with Crippen molar-refractivity contribution in [3.8, 4) is 10.6 Å². The van der Waals surface area contributed by atoms with Crippen LogP contribution in [-0.4, -0.2) is 21.3 Å². The van der Waals surface area contributed by atoms with Crippen LogP contribution in [0.25, 0.3) is 10.6 Å². The lowest BCUT2D eigenvalue weighted by molar-refractivity contribution is 0.606. The summed E-state index contributed by atoms with van der Waals surface area (Å²) in [5.74, 6) is 0. The first-order valence-corrected chi connectivity index (χ1v) is 7.06. The second kappa shape index (κ2) is 5.20. The molecule has 0 saturated heterocycles. The molecule has 18 heavy (non-hydrogen) atoms. The SMILES string of the molecule is CCNC(C)c1cnc(-c2c(C)nn(C)c2C)s1. The molecule has 2 heterocycles. The molecule has 1 N–H and O–H groups in total. The first-order chi connectivity index (χ1) is 8.54. The van der Waals surface area contributed by atoms with Crippen molar-refractivity contribution in [3.63, 3.8) is 0 Å². The van der Waals surface area contributed by atoms with Crippen LogP contribution in [0.2, 0.25) is 0 Å². The summed E-state index contributed by atoms with van der Waals surface area (Å²) in [7, 11) is 1.97. The highest BCUT2D eigenvalue weighted by Gasteiger charge is 2.16. The Hall–Kier alpha value is -1.20. The van der Waals surface area contributed by atoms with Gasteiger partial charge in [0.1, 0.15) is 5.01 Å². The molecule has 98 valence electrons. The summed E-state index contributed by atoms with van der Waals surface area (Å²) < 4.78 is 1.92. The van der Waals surface area contributed by atoms with Gasteiger partial charge in [0.25, 0.3) is 0 Å². The van der Waals surface area contributed by atoms with Crippen LogP contribution < -0.4 is 5.32 Å². The number of nitrogens with one attached hydrogen (secondary N) is 1. The summed E-state index contributed by atoms with van der Waals surface area (Å²) in [5, 5.41) is 8.92. The van der Waals surface area contributed by atoms with Gasteiger partial charge in [0.15, 0.2) is 0 Å². The Morgan fingerprint density at radius 1 is 1.44 bits per heavy atom. The maximum Gasteiger partial charge on any atom is 0.127 e. The van der Waals surface area contributed by atoms with E-state index in [1.54, 1.807) is 11.3 Å². The maximum absolute atomic E-state index is 4.55. The van der Waals surface area contributed by atoms with Gasteiger partial charge in [-0.1, -0.05) is 6.92 Å². The van der Waals surface area contributed by atoms with Crippen LogP contribution in [0.3, 0.4) is 0 Å². The van der Waals surface area contributed by atoms with Crippen LogP contribution in [0.1, 0.15) is 36.2 Å². The smallest absolute Gasteiger partial charge is 0.127 e. The van der Waals surface area contributed by atoms with Gasteiger partial charge in [-0.3, -0.25) is 4.68 Å². The Kier molecular flexibility index (Phi) is 3.82. The number of nitrogens with zero attached hydrogens (tertiary/aromatic N) is 3. The highest BCUT2D eigenvalue weighted by Crippen LogP contribution is 2.32. The van der Waals surface area contributed by atoms with Crippen molar-refractivity contribution in [1.29, 1.82) is 0 Å². The summed E-state index contributed by atoms with van der Waals surface area (Å²) in [6, 6.07) is 0.360. The van der Waals surface area contributed by atoms with E-state index in [0.717, 1.165) is 17.2 Å². The van der Waals surface area contributed by atoms with Crippen LogP contribution in [-0.2, 0) is 7.05 Å². The molecule has 5 heteroatoms. The van der Waals surface area contributed by atoms with Crippen molar-refractivity contribution in [1.82, 2.24) is 20.1 Å². The number of thiazole rings is 1. The molecule has 0 spiro atoms. The number of rotatable bonds is 4. The van der Waals surface area contributed by atoms with E-state index in [4.69, 9.17) is 0 Å². The molecule has 2 aromatic rings. The van der Waals surface area contributed by atoms with Crippen molar-refractivity contribution in [2.45, 2.75) is 33.7 Å². The van der Waals surface area contributed by atoms with E-state index in [2.05, 4.69) is 36.2 Å². The van der Waals surface area contributed by atoms with Gasteiger partial charge in [-0.2, -0.15) is 5.10 Å². The number of hydrogen-bond donors (Lipinski definition) is 1. The first-order valence-electron chi connectivity index (χ1n) is 6.24. The summed E-state index contributed by atoms with van der Waals surface area (Å²) >= 11 is 1.75. The van der Waals surface area contributed by atoms with Crippen LogP contribution >= 0.6 is 11.3 Å². The number of aryl methyl sites for hydroxylation is 2. The monoisotopic (exact) mass is 264 g/mol. The topological polar surface area (TPSA) is 42.7 Å². The standard InChI is InChI=1S/C13H20N4S/c1-6-14-8(2)11-7-15-13(18-11)12-9(3)16-17(5)10(12)4/h7-8,14H,6H2,1-5H3. The molecule has 2 rings (SSSR count). The predicted octanol–water partition coefficient (Wildman–Crippen LogP) is 2.83. The Morgan fingerprint density at radius 2 is 2.17 bits per heavy atom. The number of hydrogen-bond acceptors (Lipinski definition) is 4. The van der Waals surface area contributed by atoms with Crippen molar-refractivity contribution in [3.05, 3.63) is 22.5 Å².